The lowest BCUT2D eigenvalue weighted by Gasteiger charge is -2.49. The largest absolute Gasteiger partial charge is 0.369 e. The average Bonchev–Trinajstić information content (AvgIpc) is 2.63. The van der Waals surface area contributed by atoms with Gasteiger partial charge in [-0.05, 0) is 25.3 Å². The zero-order chi connectivity index (χ0) is 17.1. The van der Waals surface area contributed by atoms with E-state index in [1.807, 2.05) is 6.20 Å². The molecule has 2 aromatic rings. The number of ether oxygens (including phenoxy) is 1. The van der Waals surface area contributed by atoms with E-state index in [9.17, 15) is 0 Å². The molecule has 1 atom stereocenters. The highest BCUT2D eigenvalue weighted by atomic mass is 16.5. The summed E-state index contributed by atoms with van der Waals surface area (Å²) in [5, 5.41) is 0. The minimum Gasteiger partial charge on any atom is -0.369 e. The second kappa shape index (κ2) is 7.10. The van der Waals surface area contributed by atoms with Gasteiger partial charge in [-0.2, -0.15) is 0 Å². The molecular formula is C20H26N4O. The summed E-state index contributed by atoms with van der Waals surface area (Å²) < 4.78 is 6.46. The van der Waals surface area contributed by atoms with Gasteiger partial charge >= 0.3 is 0 Å². The molecule has 0 N–H and O–H groups in total. The van der Waals surface area contributed by atoms with Gasteiger partial charge in [0, 0.05) is 45.1 Å². The molecule has 1 aromatic heterocycles. The van der Waals surface area contributed by atoms with Crippen LogP contribution in [0.15, 0.2) is 48.9 Å². The van der Waals surface area contributed by atoms with E-state index in [0.29, 0.717) is 0 Å². The number of anilines is 1. The summed E-state index contributed by atoms with van der Waals surface area (Å²) in [4.78, 5) is 13.5. The van der Waals surface area contributed by atoms with E-state index < -0.39 is 0 Å². The Morgan fingerprint density at radius 2 is 1.96 bits per heavy atom. The molecule has 1 spiro atoms. The Labute approximate surface area is 149 Å². The third kappa shape index (κ3) is 3.83. The van der Waals surface area contributed by atoms with Crippen LogP contribution in [0, 0.1) is 0 Å². The highest BCUT2D eigenvalue weighted by Crippen LogP contribution is 2.34. The second-order valence-electron chi connectivity index (χ2n) is 7.32. The summed E-state index contributed by atoms with van der Waals surface area (Å²) in [6, 6.07) is 10.7. The van der Waals surface area contributed by atoms with Gasteiger partial charge in [0.05, 0.1) is 17.9 Å². The first-order valence-electron chi connectivity index (χ1n) is 9.18. The van der Waals surface area contributed by atoms with E-state index in [1.165, 1.54) is 5.56 Å². The molecule has 2 fully saturated rings. The standard InChI is InChI=1S/C20H26N4O/c1-17-14-23(15-18-5-3-2-4-6-18)16-20(25-17)7-11-24(12-8-20)19-13-21-9-10-22-19/h2-6,9-10,13,17H,7-8,11-12,14-16H2,1H3. The topological polar surface area (TPSA) is 41.5 Å². The first kappa shape index (κ1) is 16.5. The molecule has 25 heavy (non-hydrogen) atoms. The first-order chi connectivity index (χ1) is 12.2. The van der Waals surface area contributed by atoms with E-state index >= 15 is 0 Å². The lowest BCUT2D eigenvalue weighted by molar-refractivity contribution is -0.160. The van der Waals surface area contributed by atoms with Crippen LogP contribution in [-0.2, 0) is 11.3 Å². The number of nitrogens with zero attached hydrogens (tertiary/aromatic N) is 4. The van der Waals surface area contributed by atoms with Gasteiger partial charge in [-0.1, -0.05) is 30.3 Å². The smallest absolute Gasteiger partial charge is 0.147 e. The lowest BCUT2D eigenvalue weighted by Crippen LogP contribution is -2.59. The van der Waals surface area contributed by atoms with Gasteiger partial charge in [0.25, 0.3) is 0 Å². The minimum atomic E-state index is -0.0227. The fraction of sp³-hybridized carbons (Fsp3) is 0.500. The number of morpholine rings is 1. The number of rotatable bonds is 3. The van der Waals surface area contributed by atoms with Gasteiger partial charge in [-0.3, -0.25) is 9.88 Å². The predicted molar refractivity (Wildman–Crippen MR) is 98.5 cm³/mol. The summed E-state index contributed by atoms with van der Waals surface area (Å²) in [6.45, 7) is 7.18. The highest BCUT2D eigenvalue weighted by molar-refractivity contribution is 5.36. The Morgan fingerprint density at radius 3 is 2.68 bits per heavy atom. The van der Waals surface area contributed by atoms with Gasteiger partial charge in [-0.15, -0.1) is 0 Å². The van der Waals surface area contributed by atoms with Crippen LogP contribution < -0.4 is 4.90 Å². The van der Waals surface area contributed by atoms with Gasteiger partial charge in [-0.25, -0.2) is 4.98 Å². The molecule has 2 aliphatic heterocycles. The molecule has 1 aromatic carbocycles. The SMILES string of the molecule is CC1CN(Cc2ccccc2)CC2(CCN(c3cnccn3)CC2)O1. The average molecular weight is 338 g/mol. The first-order valence-corrected chi connectivity index (χ1v) is 9.18. The predicted octanol–water partition coefficient (Wildman–Crippen LogP) is 2.74. The number of aromatic nitrogens is 2. The molecule has 1 unspecified atom stereocenters. The second-order valence-corrected chi connectivity index (χ2v) is 7.32. The summed E-state index contributed by atoms with van der Waals surface area (Å²) in [5.74, 6) is 0.974. The van der Waals surface area contributed by atoms with Crippen molar-refractivity contribution in [3.8, 4) is 0 Å². The summed E-state index contributed by atoms with van der Waals surface area (Å²) >= 11 is 0. The van der Waals surface area contributed by atoms with Crippen LogP contribution in [-0.4, -0.2) is 52.8 Å². The number of hydrogen-bond donors (Lipinski definition) is 0. The third-order valence-electron chi connectivity index (χ3n) is 5.28. The maximum absolute atomic E-state index is 6.46. The molecule has 0 saturated carbocycles. The van der Waals surface area contributed by atoms with Crippen molar-refractivity contribution in [2.75, 3.05) is 31.1 Å². The van der Waals surface area contributed by atoms with Crippen molar-refractivity contribution < 1.29 is 4.74 Å². The van der Waals surface area contributed by atoms with E-state index in [-0.39, 0.29) is 11.7 Å². The van der Waals surface area contributed by atoms with Gasteiger partial charge in [0.2, 0.25) is 0 Å². The Hall–Kier alpha value is -1.98. The molecule has 0 amide bonds. The number of hydrogen-bond acceptors (Lipinski definition) is 5. The van der Waals surface area contributed by atoms with Crippen molar-refractivity contribution in [1.82, 2.24) is 14.9 Å². The van der Waals surface area contributed by atoms with Gasteiger partial charge < -0.3 is 9.64 Å². The molecule has 3 heterocycles. The van der Waals surface area contributed by atoms with Crippen LogP contribution in [0.25, 0.3) is 0 Å². The van der Waals surface area contributed by atoms with Crippen LogP contribution in [0.5, 0.6) is 0 Å². The Kier molecular flexibility index (Phi) is 4.68. The van der Waals surface area contributed by atoms with Crippen molar-refractivity contribution in [3.05, 3.63) is 54.5 Å². The minimum absolute atomic E-state index is 0.0227. The van der Waals surface area contributed by atoms with Crippen molar-refractivity contribution in [1.29, 1.82) is 0 Å². The molecule has 4 rings (SSSR count). The van der Waals surface area contributed by atoms with E-state index in [0.717, 1.165) is 51.4 Å². The molecule has 2 aliphatic rings. The van der Waals surface area contributed by atoms with Gasteiger partial charge in [0.15, 0.2) is 0 Å². The van der Waals surface area contributed by atoms with Crippen LogP contribution in [0.4, 0.5) is 5.82 Å². The van der Waals surface area contributed by atoms with E-state index in [1.54, 1.807) is 12.4 Å². The Bertz CT molecular complexity index is 671. The molecule has 0 aliphatic carbocycles. The van der Waals surface area contributed by atoms with Crippen molar-refractivity contribution in [3.63, 3.8) is 0 Å². The van der Waals surface area contributed by atoms with Crippen LogP contribution in [0.1, 0.15) is 25.3 Å². The maximum Gasteiger partial charge on any atom is 0.147 e. The monoisotopic (exact) mass is 338 g/mol. The van der Waals surface area contributed by atoms with Crippen LogP contribution in [0.3, 0.4) is 0 Å². The van der Waals surface area contributed by atoms with E-state index in [4.69, 9.17) is 4.74 Å². The van der Waals surface area contributed by atoms with Gasteiger partial charge in [0.1, 0.15) is 5.82 Å². The molecular weight excluding hydrogens is 312 g/mol. The molecule has 0 bridgehead atoms. The fourth-order valence-corrected chi connectivity index (χ4v) is 4.17. The van der Waals surface area contributed by atoms with Crippen molar-refractivity contribution >= 4 is 5.82 Å². The molecule has 2 saturated heterocycles. The zero-order valence-electron chi connectivity index (χ0n) is 14.8. The van der Waals surface area contributed by atoms with Crippen LogP contribution in [0.2, 0.25) is 0 Å². The normalized spacial score (nSPS) is 23.7. The number of benzene rings is 1. The highest BCUT2D eigenvalue weighted by Gasteiger charge is 2.42. The van der Waals surface area contributed by atoms with Crippen LogP contribution >= 0.6 is 0 Å². The van der Waals surface area contributed by atoms with Crippen molar-refractivity contribution in [2.45, 2.75) is 38.0 Å². The summed E-state index contributed by atoms with van der Waals surface area (Å²) in [5.41, 5.74) is 1.36. The number of piperidine rings is 1. The quantitative estimate of drug-likeness (QED) is 0.861. The zero-order valence-corrected chi connectivity index (χ0v) is 14.8. The molecule has 5 heteroatoms. The Morgan fingerprint density at radius 1 is 1.16 bits per heavy atom. The van der Waals surface area contributed by atoms with Crippen molar-refractivity contribution in [2.24, 2.45) is 0 Å². The maximum atomic E-state index is 6.46. The molecule has 132 valence electrons. The fourth-order valence-electron chi connectivity index (χ4n) is 4.17. The summed E-state index contributed by atoms with van der Waals surface area (Å²) in [7, 11) is 0. The summed E-state index contributed by atoms with van der Waals surface area (Å²) in [6.07, 6.45) is 7.70. The Balaban J connectivity index is 1.41. The molecule has 0 radical (unpaired) electrons. The molecule has 5 nitrogen and oxygen atoms in total. The third-order valence-corrected chi connectivity index (χ3v) is 5.28. The lowest BCUT2D eigenvalue weighted by atomic mass is 9.88. The van der Waals surface area contributed by atoms with E-state index in [2.05, 4.69) is 57.0 Å².